The molecule has 2 rings (SSSR count). The predicted molar refractivity (Wildman–Crippen MR) is 110 cm³/mol. The average Bonchev–Trinajstić information content (AvgIpc) is 2.70. The summed E-state index contributed by atoms with van der Waals surface area (Å²) in [5, 5.41) is 2.90. The van der Waals surface area contributed by atoms with Crippen LogP contribution in [0.4, 0.5) is 0 Å². The molecule has 27 heavy (non-hydrogen) atoms. The third-order valence-electron chi connectivity index (χ3n) is 4.55. The average molecular weight is 394 g/mol. The second-order valence-electron chi connectivity index (χ2n) is 6.60. The molecular formula is C20H31N3O3S. The molecule has 0 spiro atoms. The Morgan fingerprint density at radius 1 is 1.15 bits per heavy atom. The summed E-state index contributed by atoms with van der Waals surface area (Å²) in [5.74, 6) is 2.19. The summed E-state index contributed by atoms with van der Waals surface area (Å²) in [4.78, 5) is 28.6. The largest absolute Gasteiger partial charge is 0.385 e. The van der Waals surface area contributed by atoms with Crippen LogP contribution in [0.2, 0.25) is 0 Å². The van der Waals surface area contributed by atoms with E-state index < -0.39 is 0 Å². The number of carbonyl (C=O) groups excluding carboxylic acids is 2. The summed E-state index contributed by atoms with van der Waals surface area (Å²) in [6, 6.07) is 7.93. The summed E-state index contributed by atoms with van der Waals surface area (Å²) in [6.07, 6.45) is 0.820. The maximum Gasteiger partial charge on any atom is 0.253 e. The van der Waals surface area contributed by atoms with E-state index in [-0.39, 0.29) is 11.8 Å². The van der Waals surface area contributed by atoms with Crippen molar-refractivity contribution in [3.8, 4) is 0 Å². The minimum Gasteiger partial charge on any atom is -0.385 e. The molecule has 1 aromatic carbocycles. The fourth-order valence-corrected chi connectivity index (χ4v) is 3.59. The van der Waals surface area contributed by atoms with E-state index in [1.54, 1.807) is 7.11 Å². The van der Waals surface area contributed by atoms with Gasteiger partial charge in [-0.3, -0.25) is 14.5 Å². The van der Waals surface area contributed by atoms with E-state index in [0.29, 0.717) is 32.8 Å². The van der Waals surface area contributed by atoms with Crippen LogP contribution in [0.25, 0.3) is 0 Å². The van der Waals surface area contributed by atoms with Gasteiger partial charge in [-0.25, -0.2) is 0 Å². The molecule has 1 aliphatic heterocycles. The Hall–Kier alpha value is -1.57. The Bertz CT molecular complexity index is 587. The molecule has 2 amide bonds. The van der Waals surface area contributed by atoms with Crippen LogP contribution in [0.5, 0.6) is 0 Å². The molecule has 1 heterocycles. The van der Waals surface area contributed by atoms with E-state index in [2.05, 4.69) is 17.1 Å². The molecule has 0 aliphatic carbocycles. The Kier molecular flexibility index (Phi) is 9.66. The quantitative estimate of drug-likeness (QED) is 0.615. The molecule has 1 saturated heterocycles. The number of hydrogen-bond acceptors (Lipinski definition) is 5. The highest BCUT2D eigenvalue weighted by atomic mass is 32.2. The molecular weight excluding hydrogens is 362 g/mol. The Labute approximate surface area is 166 Å². The number of thioether (sulfide) groups is 1. The van der Waals surface area contributed by atoms with Crippen molar-refractivity contribution in [2.24, 2.45) is 0 Å². The van der Waals surface area contributed by atoms with Crippen molar-refractivity contribution >= 4 is 23.6 Å². The van der Waals surface area contributed by atoms with E-state index in [0.717, 1.165) is 36.6 Å². The van der Waals surface area contributed by atoms with Gasteiger partial charge in [-0.1, -0.05) is 19.1 Å². The van der Waals surface area contributed by atoms with Gasteiger partial charge >= 0.3 is 0 Å². The van der Waals surface area contributed by atoms with Crippen LogP contribution in [-0.4, -0.2) is 80.4 Å². The first-order valence-corrected chi connectivity index (χ1v) is 10.7. The number of benzene rings is 1. The number of methoxy groups -OCH3 is 1. The zero-order valence-electron chi connectivity index (χ0n) is 16.4. The highest BCUT2D eigenvalue weighted by Gasteiger charge is 2.23. The van der Waals surface area contributed by atoms with Gasteiger partial charge in [-0.2, -0.15) is 11.8 Å². The van der Waals surface area contributed by atoms with Crippen LogP contribution in [0.1, 0.15) is 29.3 Å². The molecule has 1 N–H and O–H groups in total. The number of piperazine rings is 1. The van der Waals surface area contributed by atoms with E-state index in [9.17, 15) is 9.59 Å². The van der Waals surface area contributed by atoms with Crippen molar-refractivity contribution in [1.29, 1.82) is 0 Å². The van der Waals surface area contributed by atoms with Crippen LogP contribution in [-0.2, 0) is 15.3 Å². The van der Waals surface area contributed by atoms with Gasteiger partial charge in [0.25, 0.3) is 5.91 Å². The first kappa shape index (κ1) is 21.7. The number of ether oxygens (including phenoxy) is 1. The third kappa shape index (κ3) is 7.52. The van der Waals surface area contributed by atoms with Gasteiger partial charge in [0, 0.05) is 57.8 Å². The monoisotopic (exact) mass is 393 g/mol. The van der Waals surface area contributed by atoms with Crippen molar-refractivity contribution in [1.82, 2.24) is 15.1 Å². The first-order chi connectivity index (χ1) is 13.1. The SMILES string of the molecule is CCSCc1ccc(C(=O)N2CCN(CC(=O)NCCCOC)CC2)cc1. The maximum atomic E-state index is 12.7. The Morgan fingerprint density at radius 2 is 1.85 bits per heavy atom. The lowest BCUT2D eigenvalue weighted by Crippen LogP contribution is -2.51. The normalized spacial score (nSPS) is 15.0. The standard InChI is InChI=1S/C20H31N3O3S/c1-3-27-16-17-5-7-18(8-6-17)20(25)23-12-10-22(11-13-23)15-19(24)21-9-4-14-26-2/h5-8H,3-4,9-16H2,1-2H3,(H,21,24). The predicted octanol–water partition coefficient (Wildman–Crippen LogP) is 1.85. The molecule has 0 aromatic heterocycles. The molecule has 150 valence electrons. The van der Waals surface area contributed by atoms with Crippen molar-refractivity contribution in [2.75, 3.05) is 58.7 Å². The summed E-state index contributed by atoms with van der Waals surface area (Å²) >= 11 is 1.88. The molecule has 7 heteroatoms. The summed E-state index contributed by atoms with van der Waals surface area (Å²) in [7, 11) is 1.66. The highest BCUT2D eigenvalue weighted by molar-refractivity contribution is 7.98. The molecule has 0 saturated carbocycles. The van der Waals surface area contributed by atoms with E-state index >= 15 is 0 Å². The minimum absolute atomic E-state index is 0.0337. The molecule has 1 fully saturated rings. The van der Waals surface area contributed by atoms with Gasteiger partial charge in [0.05, 0.1) is 6.54 Å². The highest BCUT2D eigenvalue weighted by Crippen LogP contribution is 2.14. The molecule has 0 radical (unpaired) electrons. The van der Waals surface area contributed by atoms with Gasteiger partial charge in [0.1, 0.15) is 0 Å². The Balaban J connectivity index is 1.73. The van der Waals surface area contributed by atoms with Crippen LogP contribution in [0, 0.1) is 0 Å². The molecule has 1 aliphatic rings. The minimum atomic E-state index is 0.0337. The second-order valence-corrected chi connectivity index (χ2v) is 7.87. The van der Waals surface area contributed by atoms with Crippen molar-refractivity contribution in [3.05, 3.63) is 35.4 Å². The zero-order chi connectivity index (χ0) is 19.5. The number of carbonyl (C=O) groups is 2. The molecule has 0 bridgehead atoms. The van der Waals surface area contributed by atoms with E-state index in [4.69, 9.17) is 4.74 Å². The van der Waals surface area contributed by atoms with Gasteiger partial charge in [0.15, 0.2) is 0 Å². The smallest absolute Gasteiger partial charge is 0.253 e. The van der Waals surface area contributed by atoms with Crippen LogP contribution in [0.3, 0.4) is 0 Å². The Morgan fingerprint density at radius 3 is 2.48 bits per heavy atom. The number of amides is 2. The third-order valence-corrected chi connectivity index (χ3v) is 5.49. The van der Waals surface area contributed by atoms with Gasteiger partial charge < -0.3 is 15.0 Å². The van der Waals surface area contributed by atoms with Crippen molar-refractivity contribution < 1.29 is 14.3 Å². The summed E-state index contributed by atoms with van der Waals surface area (Å²) < 4.78 is 4.97. The lowest BCUT2D eigenvalue weighted by molar-refractivity contribution is -0.122. The summed E-state index contributed by atoms with van der Waals surface area (Å²) in [5.41, 5.74) is 1.99. The molecule has 1 aromatic rings. The lowest BCUT2D eigenvalue weighted by Gasteiger charge is -2.34. The van der Waals surface area contributed by atoms with Crippen molar-refractivity contribution in [2.45, 2.75) is 19.1 Å². The van der Waals surface area contributed by atoms with Gasteiger partial charge in [0.2, 0.25) is 5.91 Å². The topological polar surface area (TPSA) is 61.9 Å². The second kappa shape index (κ2) is 12.0. The van der Waals surface area contributed by atoms with Crippen molar-refractivity contribution in [3.63, 3.8) is 0 Å². The van der Waals surface area contributed by atoms with Crippen LogP contribution < -0.4 is 5.32 Å². The molecule has 6 nitrogen and oxygen atoms in total. The van der Waals surface area contributed by atoms with E-state index in [1.807, 2.05) is 40.9 Å². The van der Waals surface area contributed by atoms with Gasteiger partial charge in [-0.15, -0.1) is 0 Å². The fraction of sp³-hybridized carbons (Fsp3) is 0.600. The number of nitrogens with zero attached hydrogens (tertiary/aromatic N) is 2. The lowest BCUT2D eigenvalue weighted by atomic mass is 10.1. The van der Waals surface area contributed by atoms with E-state index in [1.165, 1.54) is 5.56 Å². The van der Waals surface area contributed by atoms with Crippen LogP contribution >= 0.6 is 11.8 Å². The van der Waals surface area contributed by atoms with Gasteiger partial charge in [-0.05, 0) is 29.9 Å². The zero-order valence-corrected chi connectivity index (χ0v) is 17.2. The molecule has 0 atom stereocenters. The van der Waals surface area contributed by atoms with Crippen LogP contribution in [0.15, 0.2) is 24.3 Å². The maximum absolute atomic E-state index is 12.7. The number of rotatable bonds is 10. The first-order valence-electron chi connectivity index (χ1n) is 9.58. The molecule has 0 unspecified atom stereocenters. The number of nitrogens with one attached hydrogen (secondary N) is 1. The number of hydrogen-bond donors (Lipinski definition) is 1. The fourth-order valence-electron chi connectivity index (χ4n) is 2.96. The summed E-state index contributed by atoms with van der Waals surface area (Å²) in [6.45, 7) is 6.58.